The lowest BCUT2D eigenvalue weighted by Gasteiger charge is -2.41. The van der Waals surface area contributed by atoms with E-state index in [0.29, 0.717) is 36.1 Å². The highest BCUT2D eigenvalue weighted by molar-refractivity contribution is 6.09. The van der Waals surface area contributed by atoms with Crippen LogP contribution in [0, 0.1) is 11.3 Å². The van der Waals surface area contributed by atoms with Crippen LogP contribution in [0.5, 0.6) is 0 Å². The summed E-state index contributed by atoms with van der Waals surface area (Å²) in [6, 6.07) is 14.6. The summed E-state index contributed by atoms with van der Waals surface area (Å²) in [5.41, 5.74) is 2.17. The molecule has 2 N–H and O–H groups in total. The van der Waals surface area contributed by atoms with Gasteiger partial charge in [0, 0.05) is 42.4 Å². The third-order valence-electron chi connectivity index (χ3n) is 11.1. The quantitative estimate of drug-likeness (QED) is 0.185. The van der Waals surface area contributed by atoms with E-state index in [4.69, 9.17) is 9.59 Å². The number of nitrogens with one attached hydrogen (secondary N) is 2. The molecule has 0 aromatic heterocycles. The number of carbonyl (C=O) groups is 5. The fourth-order valence-electron chi connectivity index (χ4n) is 7.97. The summed E-state index contributed by atoms with van der Waals surface area (Å²) in [5.74, 6) is -0.777. The number of hydrogen-bond donors (Lipinski definition) is 2. The zero-order chi connectivity index (χ0) is 43.3. The van der Waals surface area contributed by atoms with Crippen LogP contribution >= 0.6 is 0 Å². The molecule has 2 fully saturated rings. The molecule has 2 saturated heterocycles. The van der Waals surface area contributed by atoms with Gasteiger partial charge in [0.2, 0.25) is 23.6 Å². The lowest BCUT2D eigenvalue weighted by atomic mass is 9.84. The topological polar surface area (TPSA) is 153 Å². The van der Waals surface area contributed by atoms with Crippen LogP contribution in [-0.4, -0.2) is 107 Å². The van der Waals surface area contributed by atoms with Crippen molar-refractivity contribution in [3.63, 3.8) is 0 Å². The van der Waals surface area contributed by atoms with Crippen molar-refractivity contribution in [2.24, 2.45) is 11.3 Å². The second-order valence-corrected chi connectivity index (χ2v) is 17.4. The van der Waals surface area contributed by atoms with Crippen LogP contribution < -0.4 is 10.6 Å². The molecule has 2 aromatic rings. The van der Waals surface area contributed by atoms with E-state index in [-0.39, 0.29) is 59.6 Å². The molecule has 5 atom stereocenters. The smallest absolute Gasteiger partial charge is 0.352 e. The van der Waals surface area contributed by atoms with E-state index in [2.05, 4.69) is 29.4 Å². The first-order chi connectivity index (χ1) is 27.3. The predicted molar refractivity (Wildman–Crippen MR) is 223 cm³/mol. The van der Waals surface area contributed by atoms with Crippen LogP contribution in [0.3, 0.4) is 0 Å². The molecular formula is C46H65N5O7. The minimum Gasteiger partial charge on any atom is -0.352 e. The lowest BCUT2D eigenvalue weighted by molar-refractivity contribution is -0.191. The summed E-state index contributed by atoms with van der Waals surface area (Å²) in [6.07, 6.45) is 6.77. The molecule has 0 saturated carbocycles. The van der Waals surface area contributed by atoms with E-state index in [1.807, 2.05) is 90.1 Å². The molecule has 0 spiro atoms. The normalized spacial score (nSPS) is 19.0. The molecule has 12 nitrogen and oxygen atoms in total. The number of ketones is 1. The molecule has 0 bridgehead atoms. The predicted octanol–water partition coefficient (Wildman–Crippen LogP) is 5.60. The molecule has 0 aliphatic carbocycles. The van der Waals surface area contributed by atoms with Crippen molar-refractivity contribution in [1.82, 2.24) is 25.3 Å². The molecule has 2 aromatic carbocycles. The van der Waals surface area contributed by atoms with E-state index in [1.165, 1.54) is 0 Å². The first-order valence-corrected chi connectivity index (χ1v) is 20.6. The maximum Gasteiger partial charge on any atom is 0.373 e. The van der Waals surface area contributed by atoms with E-state index in [9.17, 15) is 24.0 Å². The number of hydrogen-bond acceptors (Lipinski definition) is 8. The maximum atomic E-state index is 14.3. The monoisotopic (exact) mass is 799 g/mol. The van der Waals surface area contributed by atoms with Crippen molar-refractivity contribution < 1.29 is 33.6 Å². The van der Waals surface area contributed by atoms with Gasteiger partial charge in [-0.3, -0.25) is 28.9 Å². The highest BCUT2D eigenvalue weighted by Gasteiger charge is 2.40. The van der Waals surface area contributed by atoms with E-state index >= 15 is 0 Å². The fraction of sp³-hybridized carbons (Fsp3) is 0.565. The van der Waals surface area contributed by atoms with Gasteiger partial charge < -0.3 is 20.4 Å². The Balaban J connectivity index is 0.00000291. The molecule has 316 valence electrons. The molecule has 2 heterocycles. The van der Waals surface area contributed by atoms with Crippen LogP contribution in [0.15, 0.2) is 66.2 Å². The Morgan fingerprint density at radius 1 is 0.810 bits per heavy atom. The summed E-state index contributed by atoms with van der Waals surface area (Å²) in [6.45, 7) is 19.2. The van der Waals surface area contributed by atoms with Gasteiger partial charge in [0.05, 0.1) is 12.1 Å². The number of amides is 4. The summed E-state index contributed by atoms with van der Waals surface area (Å²) in [7, 11) is 1.75. The molecule has 2 aliphatic rings. The Morgan fingerprint density at radius 3 is 1.95 bits per heavy atom. The average Bonchev–Trinajstić information content (AvgIpc) is 3.68. The standard InChI is InChI=1S/C45H65N5O5.CO2/c1-29(2)38(48(10)44(55)40(45(7,8)9)47-42(53)36-19-14-15-25-49(36)30(3)4)27-31(5)43(54)50-26-16-20-37(50)41(52)46-32(6)28-33-21-23-35(24-22-33)39(51)34-17-12-11-13-18-34;2-1-3/h11-13,17-18,21-24,27,29-30,32,36-38,40H,14-16,19-20,25-26,28H2,1-10H3,(H,46,52)(H,47,53);/b31-27+;/t32-,36-,37+,38-,40-;/m1./s1. The number of benzene rings is 2. The van der Waals surface area contributed by atoms with Crippen LogP contribution in [0.4, 0.5) is 0 Å². The fourth-order valence-corrected chi connectivity index (χ4v) is 7.97. The lowest BCUT2D eigenvalue weighted by Crippen LogP contribution is -2.60. The van der Waals surface area contributed by atoms with E-state index < -0.39 is 23.5 Å². The van der Waals surface area contributed by atoms with Gasteiger partial charge in [-0.1, -0.05) is 102 Å². The van der Waals surface area contributed by atoms with Gasteiger partial charge in [0.25, 0.3) is 0 Å². The number of rotatable bonds is 14. The Hall–Kier alpha value is -4.93. The third kappa shape index (κ3) is 12.8. The largest absolute Gasteiger partial charge is 0.373 e. The minimum absolute atomic E-state index is 0.0214. The molecule has 4 rings (SSSR count). The Labute approximate surface area is 345 Å². The van der Waals surface area contributed by atoms with Crippen LogP contribution in [0.1, 0.15) is 116 Å². The van der Waals surface area contributed by atoms with Crippen molar-refractivity contribution in [2.75, 3.05) is 20.1 Å². The summed E-state index contributed by atoms with van der Waals surface area (Å²) in [4.78, 5) is 90.1. The number of piperidine rings is 1. The van der Waals surface area contributed by atoms with Gasteiger partial charge in [0.15, 0.2) is 5.78 Å². The first kappa shape index (κ1) is 47.4. The third-order valence-corrected chi connectivity index (χ3v) is 11.1. The number of likely N-dealkylation sites (tertiary alicyclic amines) is 2. The summed E-state index contributed by atoms with van der Waals surface area (Å²) in [5, 5.41) is 6.26. The molecule has 0 unspecified atom stereocenters. The summed E-state index contributed by atoms with van der Waals surface area (Å²) < 4.78 is 0. The maximum absolute atomic E-state index is 14.3. The average molecular weight is 800 g/mol. The number of likely N-dealkylation sites (N-methyl/N-ethyl adjacent to an activating group) is 1. The second kappa shape index (κ2) is 21.7. The molecule has 58 heavy (non-hydrogen) atoms. The van der Waals surface area contributed by atoms with E-state index in [1.54, 1.807) is 35.9 Å². The first-order valence-electron chi connectivity index (χ1n) is 20.6. The molecule has 2 aliphatic heterocycles. The van der Waals surface area contributed by atoms with Gasteiger partial charge in [-0.05, 0) is 83.2 Å². The zero-order valence-electron chi connectivity index (χ0n) is 36.2. The molecule has 12 heteroatoms. The number of nitrogens with zero attached hydrogens (tertiary/aromatic N) is 3. The Bertz CT molecular complexity index is 1780. The Kier molecular flexibility index (Phi) is 17.8. The molecule has 4 amide bonds. The van der Waals surface area contributed by atoms with Crippen molar-refractivity contribution in [1.29, 1.82) is 0 Å². The van der Waals surface area contributed by atoms with Crippen molar-refractivity contribution >= 4 is 35.6 Å². The summed E-state index contributed by atoms with van der Waals surface area (Å²) >= 11 is 0. The van der Waals surface area contributed by atoms with Gasteiger partial charge in [-0.2, -0.15) is 9.59 Å². The number of carbonyl (C=O) groups excluding carboxylic acids is 7. The SMILES string of the molecule is C/C(=C\[C@H](C(C)C)N(C)C(=O)[C@@H](NC(=O)[C@H]1CCCCN1C(C)C)C(C)(C)C)C(=O)N1CCC[C@H]1C(=O)N[C@H](C)Cc1ccc(C(=O)c2ccccc2)cc1.O=C=O. The minimum atomic E-state index is -0.755. The molecule has 0 radical (unpaired) electrons. The van der Waals surface area contributed by atoms with Crippen LogP contribution in [-0.2, 0) is 35.2 Å². The highest BCUT2D eigenvalue weighted by atomic mass is 16.2. The van der Waals surface area contributed by atoms with Crippen molar-refractivity contribution in [3.05, 3.63) is 82.9 Å². The van der Waals surface area contributed by atoms with Crippen LogP contribution in [0.2, 0.25) is 0 Å². The molecular weight excluding hydrogens is 735 g/mol. The van der Waals surface area contributed by atoms with Gasteiger partial charge in [-0.25, -0.2) is 0 Å². The van der Waals surface area contributed by atoms with E-state index in [0.717, 1.165) is 37.8 Å². The van der Waals surface area contributed by atoms with Gasteiger partial charge in [0.1, 0.15) is 12.1 Å². The van der Waals surface area contributed by atoms with Crippen molar-refractivity contribution in [2.45, 2.75) is 137 Å². The second-order valence-electron chi connectivity index (χ2n) is 17.4. The van der Waals surface area contributed by atoms with Gasteiger partial charge in [-0.15, -0.1) is 0 Å². The Morgan fingerprint density at radius 2 is 1.38 bits per heavy atom. The van der Waals surface area contributed by atoms with Gasteiger partial charge >= 0.3 is 6.15 Å². The highest BCUT2D eigenvalue weighted by Crippen LogP contribution is 2.27. The van der Waals surface area contributed by atoms with Crippen molar-refractivity contribution in [3.8, 4) is 0 Å². The zero-order valence-corrected chi connectivity index (χ0v) is 36.2. The van der Waals surface area contributed by atoms with Crippen LogP contribution in [0.25, 0.3) is 0 Å².